The smallest absolute Gasteiger partial charge is 0.410 e. The third-order valence-electron chi connectivity index (χ3n) is 8.76. The van der Waals surface area contributed by atoms with Gasteiger partial charge in [0.05, 0.1) is 23.1 Å². The van der Waals surface area contributed by atoms with Gasteiger partial charge in [-0.1, -0.05) is 6.07 Å². The number of benzene rings is 2. The lowest BCUT2D eigenvalue weighted by Crippen LogP contribution is -2.42. The number of carbonyl (C=O) groups is 1. The molecule has 0 spiro atoms. The lowest BCUT2D eigenvalue weighted by molar-refractivity contribution is 0.0160. The zero-order valence-electron chi connectivity index (χ0n) is 27.9. The van der Waals surface area contributed by atoms with E-state index in [1.165, 1.54) is 23.1 Å². The van der Waals surface area contributed by atoms with Crippen molar-refractivity contribution in [2.75, 3.05) is 30.4 Å². The van der Waals surface area contributed by atoms with Gasteiger partial charge in [-0.3, -0.25) is 9.80 Å². The summed E-state index contributed by atoms with van der Waals surface area (Å²) in [5.41, 5.74) is 2.89. The summed E-state index contributed by atoms with van der Waals surface area (Å²) >= 11 is 0. The summed E-state index contributed by atoms with van der Waals surface area (Å²) < 4.78 is 37.9. The van der Waals surface area contributed by atoms with Crippen molar-refractivity contribution in [3.63, 3.8) is 0 Å². The minimum absolute atomic E-state index is 0.0292. The van der Waals surface area contributed by atoms with Crippen molar-refractivity contribution < 1.29 is 27.9 Å². The number of hydrogen-bond donors (Lipinski definition) is 0. The molecular weight excluding hydrogens is 618 g/mol. The Hall–Kier alpha value is -5.18. The molecule has 12 heteroatoms. The molecule has 2 aliphatic heterocycles. The van der Waals surface area contributed by atoms with Crippen LogP contribution in [0.4, 0.5) is 25.1 Å². The Bertz CT molecular complexity index is 1910. The van der Waals surface area contributed by atoms with Gasteiger partial charge in [0.15, 0.2) is 5.94 Å². The minimum Gasteiger partial charge on any atom is -0.444 e. The summed E-state index contributed by atoms with van der Waals surface area (Å²) in [6.07, 6.45) is 5.09. The summed E-state index contributed by atoms with van der Waals surface area (Å²) in [7, 11) is 3.43. The van der Waals surface area contributed by atoms with Gasteiger partial charge in [-0.15, -0.1) is 0 Å². The predicted molar refractivity (Wildman–Crippen MR) is 177 cm³/mol. The number of ether oxygens (including phenoxy) is 1. The van der Waals surface area contributed by atoms with Gasteiger partial charge in [0.1, 0.15) is 34.7 Å². The van der Waals surface area contributed by atoms with Crippen LogP contribution >= 0.6 is 0 Å². The first-order valence-corrected chi connectivity index (χ1v) is 15.9. The molecule has 6 rings (SSSR count). The molecule has 1 atom stereocenters. The molecule has 3 aromatic rings. The maximum atomic E-state index is 15.7. The number of anilines is 2. The Kier molecular flexibility index (Phi) is 8.49. The van der Waals surface area contributed by atoms with Crippen LogP contribution < -0.4 is 9.80 Å². The van der Waals surface area contributed by atoms with E-state index in [0.717, 1.165) is 12.8 Å². The molecule has 0 N–H and O–H groups in total. The van der Waals surface area contributed by atoms with E-state index < -0.39 is 23.6 Å². The van der Waals surface area contributed by atoms with E-state index >= 15 is 4.39 Å². The molecule has 0 bridgehead atoms. The molecule has 0 unspecified atom stereocenters. The molecule has 48 heavy (non-hydrogen) atoms. The molecule has 1 aromatic heterocycles. The highest BCUT2D eigenvalue weighted by Gasteiger charge is 2.40. The molecule has 3 aliphatic rings. The Morgan fingerprint density at radius 3 is 2.40 bits per heavy atom. The second-order valence-corrected chi connectivity index (χ2v) is 13.5. The molecule has 0 radical (unpaired) electrons. The van der Waals surface area contributed by atoms with Gasteiger partial charge in [-0.05, 0) is 87.9 Å². The highest BCUT2D eigenvalue weighted by molar-refractivity contribution is 5.80. The molecule has 0 saturated heterocycles. The fraction of sp³-hybridized carbons (Fsp3) is 0.389. The van der Waals surface area contributed by atoms with E-state index in [9.17, 15) is 18.8 Å². The summed E-state index contributed by atoms with van der Waals surface area (Å²) in [6.45, 7) is 7.64. The van der Waals surface area contributed by atoms with Crippen LogP contribution in [0.5, 0.6) is 0 Å². The number of likely N-dealkylation sites (N-methyl/N-ethyl adjacent to an activating group) is 1. The van der Waals surface area contributed by atoms with Crippen molar-refractivity contribution in [2.24, 2.45) is 0 Å². The number of allylic oxidation sites excluding steroid dienone is 1. The van der Waals surface area contributed by atoms with Gasteiger partial charge in [0, 0.05) is 51.4 Å². The van der Waals surface area contributed by atoms with Crippen molar-refractivity contribution in [3.8, 4) is 5.69 Å². The van der Waals surface area contributed by atoms with E-state index in [-0.39, 0.29) is 29.7 Å². The van der Waals surface area contributed by atoms with Gasteiger partial charge in [0.2, 0.25) is 5.82 Å². The van der Waals surface area contributed by atoms with Crippen LogP contribution in [-0.2, 0) is 27.2 Å². The molecule has 2 aromatic carbocycles. The molecule has 1 amide bonds. The van der Waals surface area contributed by atoms with Gasteiger partial charge in [-0.25, -0.2) is 27.8 Å². The monoisotopic (exact) mass is 656 g/mol. The van der Waals surface area contributed by atoms with Crippen LogP contribution in [-0.4, -0.2) is 63.8 Å². The number of amides is 1. The second-order valence-electron chi connectivity index (χ2n) is 13.5. The van der Waals surface area contributed by atoms with Gasteiger partial charge in [-0.2, -0.15) is 5.10 Å². The first-order chi connectivity index (χ1) is 22.8. The maximum absolute atomic E-state index is 15.7. The number of halogens is 2. The van der Waals surface area contributed by atoms with E-state index in [1.807, 2.05) is 18.8 Å². The van der Waals surface area contributed by atoms with Gasteiger partial charge in [0.25, 0.3) is 0 Å². The van der Waals surface area contributed by atoms with Crippen molar-refractivity contribution in [1.82, 2.24) is 19.6 Å². The Morgan fingerprint density at radius 1 is 1.04 bits per heavy atom. The first-order valence-electron chi connectivity index (χ1n) is 15.9. The van der Waals surface area contributed by atoms with Crippen LogP contribution in [0.3, 0.4) is 0 Å². The lowest BCUT2D eigenvalue weighted by Gasteiger charge is -2.35. The standard InChI is InChI=1S/C36H38F2N6O4/c1-22-33-30(13-14-41(22)35(47)48-36(2,3)4)39-44(25-10-11-28(37)27(19-25)24-8-9-24)34(33)43-16-15-42(32(43)21-46)31-12-7-23(18-29(31)38)17-26(20-45)40(5)6/h7,10-12,15-16,18-19,22,24H,8-9,13-14,17H2,1-6H3/t22-/m0/s1. The van der Waals surface area contributed by atoms with Crippen LogP contribution in [0, 0.1) is 11.6 Å². The first kappa shape index (κ1) is 32.7. The minimum atomic E-state index is -0.708. The van der Waals surface area contributed by atoms with Crippen LogP contribution in [0.25, 0.3) is 5.69 Å². The Balaban J connectivity index is 1.42. The molecule has 1 saturated carbocycles. The molecule has 10 nitrogen and oxygen atoms in total. The molecule has 1 fully saturated rings. The number of carbonyl (C=O) groups excluding carboxylic acids is 3. The number of rotatable bonds is 7. The van der Waals surface area contributed by atoms with E-state index in [1.54, 1.807) is 84.8 Å². The average molecular weight is 657 g/mol. The van der Waals surface area contributed by atoms with Crippen molar-refractivity contribution >= 4 is 29.5 Å². The maximum Gasteiger partial charge on any atom is 0.410 e. The third kappa shape index (κ3) is 6.12. The molecule has 3 heterocycles. The average Bonchev–Trinajstić information content (AvgIpc) is 3.67. The molecule has 1 aliphatic carbocycles. The van der Waals surface area contributed by atoms with Crippen molar-refractivity contribution in [1.29, 1.82) is 0 Å². The van der Waals surface area contributed by atoms with E-state index in [2.05, 4.69) is 0 Å². The second kappa shape index (κ2) is 12.4. The van der Waals surface area contributed by atoms with Crippen molar-refractivity contribution in [3.05, 3.63) is 94.3 Å². The largest absolute Gasteiger partial charge is 0.444 e. The topological polar surface area (TPSA) is 91.2 Å². The van der Waals surface area contributed by atoms with E-state index in [0.29, 0.717) is 52.6 Å². The normalized spacial score (nSPS) is 17.3. The Labute approximate surface area is 278 Å². The summed E-state index contributed by atoms with van der Waals surface area (Å²) in [5, 5.41) is 4.95. The molecular formula is C36H38F2N6O4. The fourth-order valence-electron chi connectivity index (χ4n) is 6.19. The van der Waals surface area contributed by atoms with Gasteiger partial charge >= 0.3 is 6.09 Å². The number of nitrogens with zero attached hydrogens (tertiary/aromatic N) is 6. The molecule has 250 valence electrons. The predicted octanol–water partition coefficient (Wildman–Crippen LogP) is 6.17. The SMILES string of the molecule is C[C@H]1c2c(nn(-c3ccc(F)c(C4CC4)c3)c2N2C=CN(c3ccc(CC(=C=O)N(C)C)cc3F)C2=C=O)CCN1C(=O)OC(C)(C)C. The summed E-state index contributed by atoms with van der Waals surface area (Å²) in [6, 6.07) is 8.86. The number of hydrogen-bond acceptors (Lipinski definition) is 8. The van der Waals surface area contributed by atoms with Crippen LogP contribution in [0.15, 0.2) is 60.3 Å². The van der Waals surface area contributed by atoms with E-state index in [4.69, 9.17) is 9.84 Å². The number of fused-ring (bicyclic) bond motifs is 1. The van der Waals surface area contributed by atoms with Crippen LogP contribution in [0.1, 0.15) is 74.9 Å². The fourth-order valence-corrected chi connectivity index (χ4v) is 6.19. The van der Waals surface area contributed by atoms with Crippen LogP contribution in [0.2, 0.25) is 0 Å². The summed E-state index contributed by atoms with van der Waals surface area (Å²) in [4.78, 5) is 43.6. The third-order valence-corrected chi connectivity index (χ3v) is 8.76. The zero-order chi connectivity index (χ0) is 34.5. The lowest BCUT2D eigenvalue weighted by atomic mass is 9.99. The highest BCUT2D eigenvalue weighted by Crippen LogP contribution is 2.45. The highest BCUT2D eigenvalue weighted by atomic mass is 19.1. The zero-order valence-corrected chi connectivity index (χ0v) is 27.9. The Morgan fingerprint density at radius 2 is 1.77 bits per heavy atom. The van der Waals surface area contributed by atoms with Crippen molar-refractivity contribution in [2.45, 2.75) is 70.9 Å². The summed E-state index contributed by atoms with van der Waals surface area (Å²) in [5.74, 6) is 3.52. The number of aromatic nitrogens is 2. The van der Waals surface area contributed by atoms with Gasteiger partial charge < -0.3 is 14.5 Å². The quantitative estimate of drug-likeness (QED) is 0.279.